The fourth-order valence-corrected chi connectivity index (χ4v) is 2.73. The molecule has 1 unspecified atom stereocenters. The number of para-hydroxylation sites is 1. The van der Waals surface area contributed by atoms with E-state index < -0.39 is 0 Å². The summed E-state index contributed by atoms with van der Waals surface area (Å²) in [6.45, 7) is 2.37. The average molecular weight is 398 g/mol. The first-order valence-electron chi connectivity index (χ1n) is 8.85. The van der Waals surface area contributed by atoms with Crippen molar-refractivity contribution < 1.29 is 9.53 Å². The molecule has 0 aliphatic rings. The summed E-state index contributed by atoms with van der Waals surface area (Å²) in [6.07, 6.45) is 0. The molecular weight excluding hydrogens is 378 g/mol. The van der Waals surface area contributed by atoms with E-state index in [4.69, 9.17) is 16.3 Å². The highest BCUT2D eigenvalue weighted by atomic mass is 35.5. The number of amides is 1. The first-order valence-corrected chi connectivity index (χ1v) is 9.23. The minimum Gasteiger partial charge on any atom is -0.492 e. The zero-order valence-corrected chi connectivity index (χ0v) is 16.1. The summed E-state index contributed by atoms with van der Waals surface area (Å²) in [5.41, 5.74) is 0.793. The molecule has 3 rings (SSSR count). The van der Waals surface area contributed by atoms with Crippen molar-refractivity contribution in [3.8, 4) is 5.75 Å². The molecule has 0 spiro atoms. The molecule has 7 heteroatoms. The molecule has 0 aliphatic carbocycles. The van der Waals surface area contributed by atoms with Gasteiger partial charge >= 0.3 is 0 Å². The van der Waals surface area contributed by atoms with Gasteiger partial charge in [0.1, 0.15) is 18.1 Å². The zero-order chi connectivity index (χ0) is 19.9. The van der Waals surface area contributed by atoms with Crippen LogP contribution in [0.3, 0.4) is 0 Å². The van der Waals surface area contributed by atoms with Gasteiger partial charge in [-0.2, -0.15) is 5.10 Å². The van der Waals surface area contributed by atoms with Gasteiger partial charge in [0, 0.05) is 11.1 Å². The van der Waals surface area contributed by atoms with Gasteiger partial charge in [0.25, 0.3) is 11.5 Å². The van der Waals surface area contributed by atoms with Crippen molar-refractivity contribution >= 4 is 17.5 Å². The lowest BCUT2D eigenvalue weighted by Crippen LogP contribution is -2.32. The average Bonchev–Trinajstić information content (AvgIpc) is 2.70. The molecule has 1 amide bonds. The number of nitrogens with one attached hydrogen (secondary N) is 1. The van der Waals surface area contributed by atoms with E-state index in [1.807, 2.05) is 49.4 Å². The molecular formula is C21H20ClN3O3. The van der Waals surface area contributed by atoms with Crippen molar-refractivity contribution in [2.75, 3.05) is 6.61 Å². The number of rotatable bonds is 7. The maximum atomic E-state index is 12.5. The standard InChI is InChI=1S/C21H20ClN3O3/c1-15(16-7-9-17(22)10-8-16)23-21(27)19-11-12-20(26)25(24-19)13-14-28-18-5-3-2-4-6-18/h2-12,15H,13-14H2,1H3,(H,23,27). The summed E-state index contributed by atoms with van der Waals surface area (Å²) in [7, 11) is 0. The number of aromatic nitrogens is 2. The molecule has 0 fully saturated rings. The second-order valence-electron chi connectivity index (χ2n) is 6.19. The number of carbonyl (C=O) groups excluding carboxylic acids is 1. The Morgan fingerprint density at radius 2 is 1.82 bits per heavy atom. The SMILES string of the molecule is CC(NC(=O)c1ccc(=O)n(CCOc2ccccc2)n1)c1ccc(Cl)cc1. The van der Waals surface area contributed by atoms with Crippen LogP contribution in [0, 0.1) is 0 Å². The van der Waals surface area contributed by atoms with Crippen LogP contribution in [0.25, 0.3) is 0 Å². The lowest BCUT2D eigenvalue weighted by Gasteiger charge is -2.14. The maximum absolute atomic E-state index is 12.5. The van der Waals surface area contributed by atoms with Crippen molar-refractivity contribution in [3.63, 3.8) is 0 Å². The normalized spacial score (nSPS) is 11.6. The van der Waals surface area contributed by atoms with Crippen molar-refractivity contribution in [1.29, 1.82) is 0 Å². The summed E-state index contributed by atoms with van der Waals surface area (Å²) in [5, 5.41) is 7.66. The number of nitrogens with zero attached hydrogens (tertiary/aromatic N) is 2. The third-order valence-electron chi connectivity index (χ3n) is 4.13. The predicted molar refractivity (Wildman–Crippen MR) is 108 cm³/mol. The molecule has 2 aromatic carbocycles. The molecule has 1 heterocycles. The van der Waals surface area contributed by atoms with Gasteiger partial charge in [-0.25, -0.2) is 4.68 Å². The van der Waals surface area contributed by atoms with Crippen LogP contribution in [-0.2, 0) is 6.54 Å². The van der Waals surface area contributed by atoms with Gasteiger partial charge < -0.3 is 10.1 Å². The molecule has 0 radical (unpaired) electrons. The molecule has 0 saturated carbocycles. The van der Waals surface area contributed by atoms with E-state index in [0.717, 1.165) is 5.56 Å². The molecule has 0 aliphatic heterocycles. The van der Waals surface area contributed by atoms with Gasteiger partial charge in [-0.1, -0.05) is 41.9 Å². The molecule has 3 aromatic rings. The second-order valence-corrected chi connectivity index (χ2v) is 6.62. The Morgan fingerprint density at radius 1 is 1.11 bits per heavy atom. The smallest absolute Gasteiger partial charge is 0.272 e. The Morgan fingerprint density at radius 3 is 2.54 bits per heavy atom. The quantitative estimate of drug-likeness (QED) is 0.662. The Bertz CT molecular complexity index is 988. The van der Waals surface area contributed by atoms with E-state index in [1.54, 1.807) is 12.1 Å². The van der Waals surface area contributed by atoms with Gasteiger partial charge in [-0.3, -0.25) is 9.59 Å². The molecule has 6 nitrogen and oxygen atoms in total. The highest BCUT2D eigenvalue weighted by Gasteiger charge is 2.14. The molecule has 28 heavy (non-hydrogen) atoms. The highest BCUT2D eigenvalue weighted by molar-refractivity contribution is 6.30. The third-order valence-corrected chi connectivity index (χ3v) is 4.38. The van der Waals surface area contributed by atoms with Crippen LogP contribution >= 0.6 is 11.6 Å². The lowest BCUT2D eigenvalue weighted by atomic mass is 10.1. The topological polar surface area (TPSA) is 73.2 Å². The summed E-state index contributed by atoms with van der Waals surface area (Å²) < 4.78 is 6.81. The largest absolute Gasteiger partial charge is 0.492 e. The van der Waals surface area contributed by atoms with Crippen molar-refractivity contribution in [3.05, 3.63) is 93.4 Å². The number of ether oxygens (including phenoxy) is 1. The first kappa shape index (κ1) is 19.6. The van der Waals surface area contributed by atoms with Crippen LogP contribution in [-0.4, -0.2) is 22.3 Å². The van der Waals surface area contributed by atoms with E-state index in [0.29, 0.717) is 10.8 Å². The zero-order valence-electron chi connectivity index (χ0n) is 15.3. The second kappa shape index (κ2) is 9.19. The summed E-state index contributed by atoms with van der Waals surface area (Å²) >= 11 is 5.89. The lowest BCUT2D eigenvalue weighted by molar-refractivity contribution is 0.0931. The van der Waals surface area contributed by atoms with E-state index in [9.17, 15) is 9.59 Å². The van der Waals surface area contributed by atoms with Crippen molar-refractivity contribution in [2.45, 2.75) is 19.5 Å². The van der Waals surface area contributed by atoms with E-state index >= 15 is 0 Å². The van der Waals surface area contributed by atoms with Gasteiger partial charge in [-0.05, 0) is 42.8 Å². The molecule has 1 N–H and O–H groups in total. The van der Waals surface area contributed by atoms with Crippen LogP contribution in [0.1, 0.15) is 29.0 Å². The van der Waals surface area contributed by atoms with Gasteiger partial charge in [0.05, 0.1) is 12.6 Å². The summed E-state index contributed by atoms with van der Waals surface area (Å²) in [5.74, 6) is 0.349. The van der Waals surface area contributed by atoms with Crippen LogP contribution in [0.5, 0.6) is 5.75 Å². The summed E-state index contributed by atoms with van der Waals surface area (Å²) in [4.78, 5) is 24.5. The Balaban J connectivity index is 1.63. The van der Waals surface area contributed by atoms with E-state index in [-0.39, 0.29) is 36.4 Å². The Hall–Kier alpha value is -3.12. The van der Waals surface area contributed by atoms with Crippen LogP contribution < -0.4 is 15.6 Å². The number of benzene rings is 2. The molecule has 0 saturated heterocycles. The van der Waals surface area contributed by atoms with Gasteiger partial charge in [0.15, 0.2) is 0 Å². The first-order chi connectivity index (χ1) is 13.5. The predicted octanol–water partition coefficient (Wildman–Crippen LogP) is 3.47. The van der Waals surface area contributed by atoms with Crippen LogP contribution in [0.2, 0.25) is 5.02 Å². The van der Waals surface area contributed by atoms with Gasteiger partial charge in [0.2, 0.25) is 0 Å². The Labute approximate surface area is 167 Å². The highest BCUT2D eigenvalue weighted by Crippen LogP contribution is 2.16. The van der Waals surface area contributed by atoms with E-state index in [2.05, 4.69) is 10.4 Å². The monoisotopic (exact) mass is 397 g/mol. The molecule has 1 atom stereocenters. The van der Waals surface area contributed by atoms with Crippen LogP contribution in [0.15, 0.2) is 71.5 Å². The Kier molecular flexibility index (Phi) is 6.45. The molecule has 1 aromatic heterocycles. The van der Waals surface area contributed by atoms with Crippen molar-refractivity contribution in [1.82, 2.24) is 15.1 Å². The molecule has 144 valence electrons. The number of hydrogen-bond acceptors (Lipinski definition) is 4. The number of hydrogen-bond donors (Lipinski definition) is 1. The summed E-state index contributed by atoms with van der Waals surface area (Å²) in [6, 6.07) is 19.0. The van der Waals surface area contributed by atoms with Gasteiger partial charge in [-0.15, -0.1) is 0 Å². The minimum absolute atomic E-state index is 0.167. The third kappa shape index (κ3) is 5.20. The fraction of sp³-hybridized carbons (Fsp3) is 0.190. The van der Waals surface area contributed by atoms with E-state index in [1.165, 1.54) is 16.8 Å². The maximum Gasteiger partial charge on any atom is 0.272 e. The van der Waals surface area contributed by atoms with Crippen LogP contribution in [0.4, 0.5) is 0 Å². The molecule has 0 bridgehead atoms. The minimum atomic E-state index is -0.361. The number of halogens is 1. The number of carbonyl (C=O) groups is 1. The fourth-order valence-electron chi connectivity index (χ4n) is 2.60. The van der Waals surface area contributed by atoms with Crippen molar-refractivity contribution in [2.24, 2.45) is 0 Å².